The minimum absolute atomic E-state index is 0.170. The van der Waals surface area contributed by atoms with Gasteiger partial charge >= 0.3 is 0 Å². The van der Waals surface area contributed by atoms with Crippen LogP contribution in [-0.2, 0) is 6.61 Å². The van der Waals surface area contributed by atoms with E-state index in [0.29, 0.717) is 27.1 Å². The number of aryl methyl sites for hydroxylation is 3. The number of nitrogens with zero attached hydrogens (tertiary/aromatic N) is 1. The van der Waals surface area contributed by atoms with Crippen molar-refractivity contribution in [3.8, 4) is 5.75 Å². The number of rotatable bonds is 5. The van der Waals surface area contributed by atoms with Crippen LogP contribution in [0.5, 0.6) is 5.75 Å². The molecule has 0 unspecified atom stereocenters. The number of halogens is 2. The monoisotopic (exact) mass is 404 g/mol. The summed E-state index contributed by atoms with van der Waals surface area (Å²) in [7, 11) is 0. The van der Waals surface area contributed by atoms with Crippen LogP contribution in [0.25, 0.3) is 0 Å². The molecule has 5 nitrogen and oxygen atoms in total. The van der Waals surface area contributed by atoms with Crippen molar-refractivity contribution in [2.75, 3.05) is 5.32 Å². The third-order valence-electron chi connectivity index (χ3n) is 4.09. The number of carbonyl (C=O) groups excluding carboxylic acids is 1. The molecule has 0 saturated carbocycles. The second-order valence-electron chi connectivity index (χ2n) is 6.21. The van der Waals surface area contributed by atoms with Crippen molar-refractivity contribution in [1.82, 2.24) is 5.16 Å². The molecule has 1 heterocycles. The molecule has 0 fully saturated rings. The number of hydrogen-bond acceptors (Lipinski definition) is 4. The quantitative estimate of drug-likeness (QED) is 0.588. The Hall–Kier alpha value is -2.50. The van der Waals surface area contributed by atoms with Crippen LogP contribution in [0.4, 0.5) is 5.69 Å². The Kier molecular flexibility index (Phi) is 5.73. The minimum atomic E-state index is -0.412. The molecule has 0 spiro atoms. The first kappa shape index (κ1) is 19.3. The van der Waals surface area contributed by atoms with E-state index in [4.69, 9.17) is 32.5 Å². The minimum Gasteiger partial charge on any atom is -0.488 e. The number of carbonyl (C=O) groups is 1. The zero-order valence-electron chi connectivity index (χ0n) is 15.1. The Bertz CT molecular complexity index is 999. The standard InChI is InChI=1S/C20H18Cl2N2O3/c1-11-4-5-12(2)18(8-11)26-10-15-13(3)27-24-19(15)20(25)23-14-6-7-16(21)17(22)9-14/h4-9H,10H2,1-3H3,(H,23,25). The van der Waals surface area contributed by atoms with E-state index >= 15 is 0 Å². The third-order valence-corrected chi connectivity index (χ3v) is 4.83. The molecule has 0 radical (unpaired) electrons. The highest BCUT2D eigenvalue weighted by Gasteiger charge is 2.21. The lowest BCUT2D eigenvalue weighted by Gasteiger charge is -2.10. The molecule has 3 aromatic rings. The summed E-state index contributed by atoms with van der Waals surface area (Å²) >= 11 is 11.9. The van der Waals surface area contributed by atoms with Crippen molar-refractivity contribution in [3.63, 3.8) is 0 Å². The van der Waals surface area contributed by atoms with Crippen LogP contribution in [0.3, 0.4) is 0 Å². The van der Waals surface area contributed by atoms with Crippen molar-refractivity contribution < 1.29 is 14.1 Å². The van der Waals surface area contributed by atoms with Crippen molar-refractivity contribution in [2.45, 2.75) is 27.4 Å². The maximum absolute atomic E-state index is 12.6. The van der Waals surface area contributed by atoms with Crippen LogP contribution in [-0.4, -0.2) is 11.1 Å². The normalized spacial score (nSPS) is 10.7. The summed E-state index contributed by atoms with van der Waals surface area (Å²) in [5.74, 6) is 0.871. The van der Waals surface area contributed by atoms with Gasteiger partial charge in [-0.25, -0.2) is 0 Å². The van der Waals surface area contributed by atoms with Gasteiger partial charge in [0.15, 0.2) is 5.69 Å². The van der Waals surface area contributed by atoms with Gasteiger partial charge in [-0.05, 0) is 56.2 Å². The average Bonchev–Trinajstić information content (AvgIpc) is 3.00. The maximum Gasteiger partial charge on any atom is 0.278 e. The van der Waals surface area contributed by atoms with E-state index in [1.54, 1.807) is 25.1 Å². The predicted octanol–water partition coefficient (Wildman–Crippen LogP) is 5.74. The smallest absolute Gasteiger partial charge is 0.278 e. The number of benzene rings is 2. The molecule has 7 heteroatoms. The highest BCUT2D eigenvalue weighted by atomic mass is 35.5. The van der Waals surface area contributed by atoms with E-state index in [2.05, 4.69) is 10.5 Å². The number of hydrogen-bond donors (Lipinski definition) is 1. The highest BCUT2D eigenvalue weighted by Crippen LogP contribution is 2.26. The molecular formula is C20H18Cl2N2O3. The van der Waals surface area contributed by atoms with E-state index < -0.39 is 5.91 Å². The topological polar surface area (TPSA) is 64.4 Å². The summed E-state index contributed by atoms with van der Waals surface area (Å²) in [6.07, 6.45) is 0. The largest absolute Gasteiger partial charge is 0.488 e. The molecule has 0 aliphatic carbocycles. The fraction of sp³-hybridized carbons (Fsp3) is 0.200. The molecule has 0 bridgehead atoms. The predicted molar refractivity (Wildman–Crippen MR) is 106 cm³/mol. The zero-order chi connectivity index (χ0) is 19.6. The van der Waals surface area contributed by atoms with Crippen LogP contribution in [0.1, 0.15) is 32.9 Å². The lowest BCUT2D eigenvalue weighted by atomic mass is 10.1. The number of anilines is 1. The molecule has 0 aliphatic heterocycles. The molecule has 1 amide bonds. The summed E-state index contributed by atoms with van der Waals surface area (Å²) in [5, 5.41) is 7.38. The second kappa shape index (κ2) is 8.03. The number of aromatic nitrogens is 1. The lowest BCUT2D eigenvalue weighted by molar-refractivity contribution is 0.101. The van der Waals surface area contributed by atoms with Gasteiger partial charge in [-0.2, -0.15) is 0 Å². The summed E-state index contributed by atoms with van der Waals surface area (Å²) in [5.41, 5.74) is 3.38. The van der Waals surface area contributed by atoms with E-state index in [1.165, 1.54) is 0 Å². The lowest BCUT2D eigenvalue weighted by Crippen LogP contribution is -2.15. The highest BCUT2D eigenvalue weighted by molar-refractivity contribution is 6.42. The molecule has 0 saturated heterocycles. The van der Waals surface area contributed by atoms with E-state index in [1.807, 2.05) is 32.0 Å². The molecule has 27 heavy (non-hydrogen) atoms. The Morgan fingerprint density at radius 2 is 1.89 bits per heavy atom. The molecular weight excluding hydrogens is 387 g/mol. The molecule has 2 aromatic carbocycles. The van der Waals surface area contributed by atoms with Crippen molar-refractivity contribution in [3.05, 3.63) is 74.6 Å². The van der Waals surface area contributed by atoms with Crippen LogP contribution >= 0.6 is 23.2 Å². The molecule has 140 valence electrons. The Morgan fingerprint density at radius 3 is 2.63 bits per heavy atom. The molecule has 0 aliphatic rings. The van der Waals surface area contributed by atoms with Crippen LogP contribution in [0, 0.1) is 20.8 Å². The van der Waals surface area contributed by atoms with Gasteiger partial charge in [0.2, 0.25) is 0 Å². The summed E-state index contributed by atoms with van der Waals surface area (Å²) in [6.45, 7) is 5.87. The average molecular weight is 405 g/mol. The third kappa shape index (κ3) is 4.43. The van der Waals surface area contributed by atoms with Gasteiger partial charge in [0.1, 0.15) is 18.1 Å². The van der Waals surface area contributed by atoms with Gasteiger partial charge in [0.25, 0.3) is 5.91 Å². The molecule has 0 atom stereocenters. The number of nitrogens with one attached hydrogen (secondary N) is 1. The zero-order valence-corrected chi connectivity index (χ0v) is 16.6. The molecule has 1 N–H and O–H groups in total. The fourth-order valence-corrected chi connectivity index (χ4v) is 2.81. The van der Waals surface area contributed by atoms with Crippen LogP contribution in [0.2, 0.25) is 10.0 Å². The van der Waals surface area contributed by atoms with Gasteiger partial charge in [-0.1, -0.05) is 40.5 Å². The first-order valence-electron chi connectivity index (χ1n) is 8.26. The summed E-state index contributed by atoms with van der Waals surface area (Å²) < 4.78 is 11.1. The van der Waals surface area contributed by atoms with E-state index in [9.17, 15) is 4.79 Å². The maximum atomic E-state index is 12.6. The van der Waals surface area contributed by atoms with Gasteiger partial charge in [-0.15, -0.1) is 0 Å². The number of amides is 1. The first-order valence-corrected chi connectivity index (χ1v) is 9.02. The Labute approximate surface area is 167 Å². The Balaban J connectivity index is 1.78. The molecule has 1 aromatic heterocycles. The van der Waals surface area contributed by atoms with Crippen LogP contribution < -0.4 is 10.1 Å². The van der Waals surface area contributed by atoms with Crippen molar-refractivity contribution in [2.24, 2.45) is 0 Å². The van der Waals surface area contributed by atoms with Gasteiger partial charge in [0.05, 0.1) is 15.6 Å². The second-order valence-corrected chi connectivity index (χ2v) is 7.02. The number of ether oxygens (including phenoxy) is 1. The van der Waals surface area contributed by atoms with E-state index in [-0.39, 0.29) is 12.3 Å². The van der Waals surface area contributed by atoms with Crippen molar-refractivity contribution in [1.29, 1.82) is 0 Å². The summed E-state index contributed by atoms with van der Waals surface area (Å²) in [4.78, 5) is 12.6. The SMILES string of the molecule is Cc1ccc(C)c(OCc2c(C(=O)Nc3ccc(Cl)c(Cl)c3)noc2C)c1. The van der Waals surface area contributed by atoms with Gasteiger partial charge in [-0.3, -0.25) is 4.79 Å². The first-order chi connectivity index (χ1) is 12.8. The van der Waals surface area contributed by atoms with E-state index in [0.717, 1.165) is 16.9 Å². The fourth-order valence-electron chi connectivity index (χ4n) is 2.52. The van der Waals surface area contributed by atoms with Crippen LogP contribution in [0.15, 0.2) is 40.9 Å². The van der Waals surface area contributed by atoms with Crippen molar-refractivity contribution >= 4 is 34.8 Å². The van der Waals surface area contributed by atoms with Gasteiger partial charge < -0.3 is 14.6 Å². The van der Waals surface area contributed by atoms with Gasteiger partial charge in [0, 0.05) is 5.69 Å². The molecule has 3 rings (SSSR count). The Morgan fingerprint density at radius 1 is 1.11 bits per heavy atom. The summed E-state index contributed by atoms with van der Waals surface area (Å²) in [6, 6.07) is 10.8.